The molecular weight excluding hydrogens is 972 g/mol. The lowest BCUT2D eigenvalue weighted by atomic mass is 10.0. The van der Waals surface area contributed by atoms with E-state index in [1.165, 1.54) is 36.7 Å². The molecular formula is C53H66F3N5O11S+2. The quantitative estimate of drug-likeness (QED) is 0.0544. The van der Waals surface area contributed by atoms with Crippen LogP contribution in [0.2, 0.25) is 0 Å². The molecule has 2 aliphatic carbocycles. The van der Waals surface area contributed by atoms with Crippen molar-refractivity contribution in [3.05, 3.63) is 135 Å². The molecule has 0 amide bonds. The molecule has 6 rings (SSSR count). The molecule has 0 saturated heterocycles. The number of carbonyl (C=O) groups is 4. The molecule has 1 N–H and O–H groups in total. The number of hydrogen-bond donors (Lipinski definition) is 1. The fourth-order valence-electron chi connectivity index (χ4n) is 7.26. The Bertz CT molecular complexity index is 2840. The minimum atomic E-state index is -4.82. The summed E-state index contributed by atoms with van der Waals surface area (Å²) < 4.78 is 93.3. The largest absolute Gasteiger partial charge is 0.469 e. The number of benzene rings is 1. The third kappa shape index (κ3) is 17.0. The number of Topliss-reactive ketones (excluding diaryl/α,β-unsaturated/α-hetero) is 2. The van der Waals surface area contributed by atoms with Crippen LogP contribution in [-0.2, 0) is 49.5 Å². The van der Waals surface area contributed by atoms with Crippen molar-refractivity contribution in [1.82, 2.24) is 10.4 Å². The average molecular weight is 1040 g/mol. The molecule has 0 saturated carbocycles. The summed E-state index contributed by atoms with van der Waals surface area (Å²) in [4.78, 5) is 50.0. The van der Waals surface area contributed by atoms with E-state index in [-0.39, 0.29) is 60.3 Å². The Kier molecular flexibility index (Phi) is 24.2. The maximum absolute atomic E-state index is 13.9. The summed E-state index contributed by atoms with van der Waals surface area (Å²) in [5.41, 5.74) is 5.12. The van der Waals surface area contributed by atoms with Crippen LogP contribution in [0.5, 0.6) is 0 Å². The van der Waals surface area contributed by atoms with Crippen LogP contribution in [-0.4, -0.2) is 114 Å². The number of aromatic nitrogens is 1. The monoisotopic (exact) mass is 1040 g/mol. The van der Waals surface area contributed by atoms with Gasteiger partial charge in [0.25, 0.3) is 10.1 Å². The zero-order valence-electron chi connectivity index (χ0n) is 43.0. The van der Waals surface area contributed by atoms with Crippen LogP contribution in [0.4, 0.5) is 13.2 Å². The third-order valence-corrected chi connectivity index (χ3v) is 12.3. The number of rotatable bonds is 15. The van der Waals surface area contributed by atoms with Crippen molar-refractivity contribution in [1.29, 1.82) is 5.26 Å². The first-order valence-electron chi connectivity index (χ1n) is 23.6. The smallest absolute Gasteiger partial charge is 0.419 e. The number of hydroxylamine groups is 1. The van der Waals surface area contributed by atoms with Gasteiger partial charge in [-0.3, -0.25) is 14.4 Å². The highest BCUT2D eigenvalue weighted by molar-refractivity contribution is 7.86. The van der Waals surface area contributed by atoms with Gasteiger partial charge in [0, 0.05) is 75.1 Å². The topological polar surface area (TPSA) is 195 Å². The number of fused-ring (bicyclic) bond motifs is 2. The van der Waals surface area contributed by atoms with Crippen molar-refractivity contribution in [3.8, 4) is 6.07 Å². The highest BCUT2D eigenvalue weighted by Gasteiger charge is 2.40. The second-order valence-corrected chi connectivity index (χ2v) is 18.0. The summed E-state index contributed by atoms with van der Waals surface area (Å²) in [6.07, 6.45) is 13.7. The number of esters is 2. The zero-order chi connectivity index (χ0) is 54.5. The minimum Gasteiger partial charge on any atom is -0.469 e. The van der Waals surface area contributed by atoms with Gasteiger partial charge >= 0.3 is 18.1 Å². The number of hydrogen-bond acceptors (Lipinski definition) is 14. The summed E-state index contributed by atoms with van der Waals surface area (Å²) in [7, 11) is 2.00. The van der Waals surface area contributed by atoms with Gasteiger partial charge in [0.1, 0.15) is 18.2 Å². The van der Waals surface area contributed by atoms with Gasteiger partial charge in [-0.15, -0.1) is 0 Å². The highest BCUT2D eigenvalue weighted by atomic mass is 32.2. The number of aryl methyl sites for hydroxylation is 1. The van der Waals surface area contributed by atoms with E-state index >= 15 is 0 Å². The lowest BCUT2D eigenvalue weighted by Crippen LogP contribution is -2.59. The highest BCUT2D eigenvalue weighted by Crippen LogP contribution is 2.31. The SMILES string of the molecule is CCCC.CCNOS(=O)(=O)CCC[n+]1c2c(cc/c1=C(/CC(=O)OC)C(F)(F)F)=CC=CC2OC.CCOC(=O)/C(C#N)=C1/C=CC(OC)C=[N+]1CC.Cc1ccc2c(c1)C(=O)C(=C1C=CN(C)C=C1)C2=O. The predicted octanol–water partition coefficient (Wildman–Crippen LogP) is 6.01. The van der Waals surface area contributed by atoms with E-state index < -0.39 is 52.1 Å². The van der Waals surface area contributed by atoms with Crippen molar-refractivity contribution in [2.24, 2.45) is 0 Å². The zero-order valence-corrected chi connectivity index (χ0v) is 43.8. The Morgan fingerprint density at radius 1 is 0.918 bits per heavy atom. The van der Waals surface area contributed by atoms with Crippen LogP contribution < -0.4 is 20.6 Å². The number of allylic oxidation sites excluding steroid dienone is 6. The van der Waals surface area contributed by atoms with Crippen LogP contribution in [0.25, 0.3) is 11.6 Å². The van der Waals surface area contributed by atoms with Crippen molar-refractivity contribution in [2.45, 2.75) is 92.2 Å². The van der Waals surface area contributed by atoms with Crippen LogP contribution in [0.1, 0.15) is 98.4 Å². The molecule has 2 aromatic rings. The first-order chi connectivity index (χ1) is 34.7. The minimum absolute atomic E-state index is 0.0146. The van der Waals surface area contributed by atoms with Gasteiger partial charge in [-0.25, -0.2) is 4.79 Å². The number of alkyl halides is 3. The van der Waals surface area contributed by atoms with Gasteiger partial charge in [0.05, 0.1) is 31.5 Å². The molecule has 2 atom stereocenters. The Morgan fingerprint density at radius 3 is 2.15 bits per heavy atom. The van der Waals surface area contributed by atoms with Gasteiger partial charge in [-0.1, -0.05) is 57.4 Å². The van der Waals surface area contributed by atoms with Crippen molar-refractivity contribution >= 4 is 51.5 Å². The first kappa shape index (κ1) is 60.7. The summed E-state index contributed by atoms with van der Waals surface area (Å²) in [5.74, 6) is -2.40. The number of ketones is 2. The van der Waals surface area contributed by atoms with Crippen LogP contribution in [0, 0.1) is 18.3 Å². The van der Waals surface area contributed by atoms with E-state index in [9.17, 15) is 40.8 Å². The Labute approximate surface area is 425 Å². The Hall–Kier alpha value is -6.63. The van der Waals surface area contributed by atoms with E-state index in [1.807, 2.05) is 61.1 Å². The van der Waals surface area contributed by atoms with Gasteiger partial charge in [-0.05, 0) is 68.9 Å². The normalized spacial score (nSPS) is 17.5. The number of unbranched alkanes of at least 4 members (excludes halogenated alkanes) is 1. The molecule has 0 fully saturated rings. The Morgan fingerprint density at radius 2 is 1.59 bits per heavy atom. The standard InChI is InChI=1S/C20H26F3N2O6S.C16H13NO2.C13H17N2O3.C4H10/c1-4-24-31-32(27,28)12-6-11-25-16(15(20(21,22)23)13-18(26)30-3)10-9-14-7-5-8-17(29-2)19(14)25;1-10-3-4-12-13(9-10)16(19)14(15(12)18)11-5-7-17(2)8-6-11;1-4-15-9-10(17-3)6-7-12(15)11(8-14)13(16)18-5-2;1-3-4-2/h5,7-10,17,24H,4,6,11-13H2,1-3H3;3-9H,1-2H3;6-7,9-10H,4-5H2,1-3H3;3-4H2,1-2H3/q+1;;+1;/b16-15+;;12-11-;. The lowest BCUT2D eigenvalue weighted by molar-refractivity contribution is -0.720. The first-order valence-corrected chi connectivity index (χ1v) is 25.2. The molecule has 0 bridgehead atoms. The van der Waals surface area contributed by atoms with E-state index in [0.29, 0.717) is 39.9 Å². The van der Waals surface area contributed by atoms with Gasteiger partial charge < -0.3 is 23.8 Å². The molecule has 73 heavy (non-hydrogen) atoms. The molecule has 0 radical (unpaired) electrons. The fourth-order valence-corrected chi connectivity index (χ4v) is 8.13. The second-order valence-electron chi connectivity index (χ2n) is 16.3. The van der Waals surface area contributed by atoms with Crippen LogP contribution in [0.3, 0.4) is 0 Å². The average Bonchev–Trinajstić information content (AvgIpc) is 3.62. The van der Waals surface area contributed by atoms with E-state index in [0.717, 1.165) is 12.7 Å². The number of ether oxygens (including phenoxy) is 4. The molecule has 2 aliphatic heterocycles. The van der Waals surface area contributed by atoms with E-state index in [2.05, 4.69) is 28.3 Å². The summed E-state index contributed by atoms with van der Waals surface area (Å²) in [6, 6.07) is 10.0. The summed E-state index contributed by atoms with van der Waals surface area (Å²) in [5, 5.41) is 9.45. The van der Waals surface area contributed by atoms with Crippen LogP contribution >= 0.6 is 0 Å². The lowest BCUT2D eigenvalue weighted by Gasteiger charge is -2.16. The summed E-state index contributed by atoms with van der Waals surface area (Å²) in [6.45, 7) is 12.6. The molecule has 16 nitrogen and oxygen atoms in total. The number of nitrogens with zero attached hydrogens (tertiary/aromatic N) is 4. The van der Waals surface area contributed by atoms with E-state index in [4.69, 9.17) is 19.5 Å². The van der Waals surface area contributed by atoms with Gasteiger partial charge in [0.15, 0.2) is 36.5 Å². The summed E-state index contributed by atoms with van der Waals surface area (Å²) >= 11 is 0. The molecule has 394 valence electrons. The number of nitriles is 1. The molecule has 0 spiro atoms. The Balaban J connectivity index is 0.000000293. The van der Waals surface area contributed by atoms with Crippen molar-refractivity contribution in [3.63, 3.8) is 0 Å². The molecule has 20 heteroatoms. The van der Waals surface area contributed by atoms with Crippen LogP contribution in [0.15, 0.2) is 102 Å². The van der Waals surface area contributed by atoms with Gasteiger partial charge in [-0.2, -0.15) is 45.8 Å². The van der Waals surface area contributed by atoms with E-state index in [1.54, 1.807) is 75.6 Å². The number of carbonyl (C=O) groups excluding carboxylic acids is 4. The van der Waals surface area contributed by atoms with Gasteiger partial charge in [0.2, 0.25) is 22.3 Å². The maximum Gasteiger partial charge on any atom is 0.419 e. The number of nitrogens with one attached hydrogen (secondary N) is 1. The van der Waals surface area contributed by atoms with Crippen molar-refractivity contribution in [2.75, 3.05) is 53.8 Å². The molecule has 2 unspecified atom stereocenters. The van der Waals surface area contributed by atoms with Crippen molar-refractivity contribution < 1.29 is 73.1 Å². The maximum atomic E-state index is 13.9. The third-order valence-electron chi connectivity index (χ3n) is 11.1. The molecule has 3 heterocycles. The second kappa shape index (κ2) is 29.2. The molecule has 1 aromatic heterocycles. The number of halogens is 3. The number of pyridine rings is 1. The number of likely N-dealkylation sites (N-methyl/N-ethyl adjacent to an activating group) is 1. The predicted molar refractivity (Wildman–Crippen MR) is 268 cm³/mol. The molecule has 1 aromatic carbocycles. The molecule has 4 aliphatic rings. The fraction of sp³-hybridized carbons (Fsp3) is 0.415. The number of methoxy groups -OCH3 is 3.